The molecule has 2 nitrogen and oxygen atoms in total. The lowest BCUT2D eigenvalue weighted by Crippen LogP contribution is -2.15. The van der Waals surface area contributed by atoms with Gasteiger partial charge in [-0.3, -0.25) is 0 Å². The van der Waals surface area contributed by atoms with Crippen LogP contribution in [0.2, 0.25) is 0 Å². The summed E-state index contributed by atoms with van der Waals surface area (Å²) in [6.45, 7) is 7.14. The Kier molecular flexibility index (Phi) is 5.87. The van der Waals surface area contributed by atoms with Gasteiger partial charge in [0.1, 0.15) is 0 Å². The summed E-state index contributed by atoms with van der Waals surface area (Å²) in [7, 11) is 0. The van der Waals surface area contributed by atoms with Gasteiger partial charge in [0, 0.05) is 19.2 Å². The molecule has 2 rings (SSSR count). The van der Waals surface area contributed by atoms with Crippen molar-refractivity contribution in [3.05, 3.63) is 35.4 Å². The van der Waals surface area contributed by atoms with Gasteiger partial charge < -0.3 is 10.1 Å². The van der Waals surface area contributed by atoms with E-state index in [0.29, 0.717) is 0 Å². The van der Waals surface area contributed by atoms with Crippen molar-refractivity contribution in [1.82, 2.24) is 5.32 Å². The normalized spacial score (nSPS) is 15.1. The van der Waals surface area contributed by atoms with E-state index in [-0.39, 0.29) is 0 Å². The predicted octanol–water partition coefficient (Wildman–Crippen LogP) is 3.89. The summed E-state index contributed by atoms with van der Waals surface area (Å²) in [5, 5.41) is 3.53. The van der Waals surface area contributed by atoms with Crippen LogP contribution in [0.3, 0.4) is 0 Å². The smallest absolute Gasteiger partial charge is 0.0716 e. The van der Waals surface area contributed by atoms with Gasteiger partial charge in [0.05, 0.1) is 6.61 Å². The molecule has 0 heterocycles. The highest BCUT2D eigenvalue weighted by atomic mass is 16.5. The van der Waals surface area contributed by atoms with E-state index in [0.717, 1.165) is 31.7 Å². The zero-order valence-electron chi connectivity index (χ0n) is 12.3. The molecule has 1 saturated carbocycles. The monoisotopic (exact) mass is 261 g/mol. The van der Waals surface area contributed by atoms with Crippen molar-refractivity contribution in [3.63, 3.8) is 0 Å². The van der Waals surface area contributed by atoms with Crippen LogP contribution in [-0.2, 0) is 17.9 Å². The maximum atomic E-state index is 5.70. The Morgan fingerprint density at radius 2 is 1.84 bits per heavy atom. The second-order valence-electron chi connectivity index (χ2n) is 6.06. The lowest BCUT2D eigenvalue weighted by Gasteiger charge is -2.07. The Morgan fingerprint density at radius 1 is 1.16 bits per heavy atom. The van der Waals surface area contributed by atoms with E-state index >= 15 is 0 Å². The second-order valence-corrected chi connectivity index (χ2v) is 6.06. The van der Waals surface area contributed by atoms with E-state index in [9.17, 15) is 0 Å². The number of rotatable bonds is 9. The van der Waals surface area contributed by atoms with E-state index in [1.54, 1.807) is 0 Å². The fraction of sp³-hybridized carbons (Fsp3) is 0.647. The van der Waals surface area contributed by atoms with E-state index in [1.807, 2.05) is 0 Å². The molecule has 1 aliphatic carbocycles. The molecule has 1 fully saturated rings. The molecule has 0 radical (unpaired) electrons. The first-order valence-electron chi connectivity index (χ1n) is 7.63. The lowest BCUT2D eigenvalue weighted by atomic mass is 10.1. The molecule has 2 heteroatoms. The highest BCUT2D eigenvalue weighted by molar-refractivity contribution is 5.22. The zero-order valence-corrected chi connectivity index (χ0v) is 12.3. The van der Waals surface area contributed by atoms with Gasteiger partial charge in [-0.25, -0.2) is 0 Å². The van der Waals surface area contributed by atoms with Crippen molar-refractivity contribution < 1.29 is 4.74 Å². The SMILES string of the molecule is CC(C)CCCOCc1ccc(CNC2CC2)cc1. The molecular formula is C17H27NO. The number of benzene rings is 1. The molecule has 1 aliphatic rings. The van der Waals surface area contributed by atoms with Crippen LogP contribution in [-0.4, -0.2) is 12.6 Å². The third kappa shape index (κ3) is 6.22. The van der Waals surface area contributed by atoms with Crippen LogP contribution in [0.1, 0.15) is 50.7 Å². The summed E-state index contributed by atoms with van der Waals surface area (Å²) in [5.74, 6) is 0.779. The highest BCUT2D eigenvalue weighted by Crippen LogP contribution is 2.19. The minimum absolute atomic E-state index is 0.744. The summed E-state index contributed by atoms with van der Waals surface area (Å²) in [6.07, 6.45) is 5.12. The standard InChI is InChI=1S/C17H27NO/c1-14(2)4-3-11-19-13-16-7-5-15(6-8-16)12-18-17-9-10-17/h5-8,14,17-18H,3-4,9-13H2,1-2H3. The van der Waals surface area contributed by atoms with Crippen molar-refractivity contribution in [2.75, 3.05) is 6.61 Å². The van der Waals surface area contributed by atoms with Gasteiger partial charge in [0.15, 0.2) is 0 Å². The first-order valence-corrected chi connectivity index (χ1v) is 7.63. The maximum Gasteiger partial charge on any atom is 0.0716 e. The van der Waals surface area contributed by atoms with Crippen molar-refractivity contribution in [3.8, 4) is 0 Å². The van der Waals surface area contributed by atoms with E-state index in [4.69, 9.17) is 4.74 Å². The maximum absolute atomic E-state index is 5.70. The molecular weight excluding hydrogens is 234 g/mol. The number of hydrogen-bond acceptors (Lipinski definition) is 2. The first kappa shape index (κ1) is 14.5. The Morgan fingerprint density at radius 3 is 2.47 bits per heavy atom. The quantitative estimate of drug-likeness (QED) is 0.681. The Balaban J connectivity index is 1.60. The molecule has 19 heavy (non-hydrogen) atoms. The molecule has 0 unspecified atom stereocenters. The zero-order chi connectivity index (χ0) is 13.5. The van der Waals surface area contributed by atoms with E-state index in [2.05, 4.69) is 43.4 Å². The van der Waals surface area contributed by atoms with Gasteiger partial charge in [-0.05, 0) is 42.7 Å². The predicted molar refractivity (Wildman–Crippen MR) is 80.0 cm³/mol. The van der Waals surface area contributed by atoms with Crippen LogP contribution in [0, 0.1) is 5.92 Å². The molecule has 0 spiro atoms. The van der Waals surface area contributed by atoms with Gasteiger partial charge in [-0.1, -0.05) is 38.1 Å². The van der Waals surface area contributed by atoms with E-state index < -0.39 is 0 Å². The van der Waals surface area contributed by atoms with Crippen LogP contribution < -0.4 is 5.32 Å². The molecule has 0 bridgehead atoms. The van der Waals surface area contributed by atoms with Gasteiger partial charge >= 0.3 is 0 Å². The first-order chi connectivity index (χ1) is 9.24. The van der Waals surface area contributed by atoms with Crippen LogP contribution >= 0.6 is 0 Å². The molecule has 0 aliphatic heterocycles. The topological polar surface area (TPSA) is 21.3 Å². The Labute approximate surface area is 117 Å². The lowest BCUT2D eigenvalue weighted by molar-refractivity contribution is 0.115. The van der Waals surface area contributed by atoms with Crippen molar-refractivity contribution >= 4 is 0 Å². The summed E-state index contributed by atoms with van der Waals surface area (Å²) in [4.78, 5) is 0. The van der Waals surface area contributed by atoms with Crippen LogP contribution in [0.5, 0.6) is 0 Å². The number of hydrogen-bond donors (Lipinski definition) is 1. The molecule has 0 saturated heterocycles. The molecule has 0 aromatic heterocycles. The summed E-state index contributed by atoms with van der Waals surface area (Å²) in [6, 6.07) is 9.58. The average molecular weight is 261 g/mol. The third-order valence-electron chi connectivity index (χ3n) is 3.53. The average Bonchev–Trinajstić information content (AvgIpc) is 3.21. The van der Waals surface area contributed by atoms with E-state index in [1.165, 1.54) is 36.8 Å². The fourth-order valence-electron chi connectivity index (χ4n) is 2.09. The largest absolute Gasteiger partial charge is 0.377 e. The van der Waals surface area contributed by atoms with Crippen LogP contribution in [0.15, 0.2) is 24.3 Å². The van der Waals surface area contributed by atoms with Crippen LogP contribution in [0.4, 0.5) is 0 Å². The second kappa shape index (κ2) is 7.66. The van der Waals surface area contributed by atoms with Gasteiger partial charge in [0.25, 0.3) is 0 Å². The summed E-state index contributed by atoms with van der Waals surface area (Å²) in [5.41, 5.74) is 2.65. The summed E-state index contributed by atoms with van der Waals surface area (Å²) < 4.78 is 5.70. The van der Waals surface area contributed by atoms with Gasteiger partial charge in [-0.2, -0.15) is 0 Å². The molecule has 0 amide bonds. The highest BCUT2D eigenvalue weighted by Gasteiger charge is 2.19. The minimum atomic E-state index is 0.744. The Hall–Kier alpha value is -0.860. The molecule has 1 aromatic rings. The van der Waals surface area contributed by atoms with Gasteiger partial charge in [0.2, 0.25) is 0 Å². The number of ether oxygens (including phenoxy) is 1. The van der Waals surface area contributed by atoms with Crippen LogP contribution in [0.25, 0.3) is 0 Å². The number of nitrogens with one attached hydrogen (secondary N) is 1. The third-order valence-corrected chi connectivity index (χ3v) is 3.53. The van der Waals surface area contributed by atoms with Crippen molar-refractivity contribution in [1.29, 1.82) is 0 Å². The Bertz CT molecular complexity index is 354. The summed E-state index contributed by atoms with van der Waals surface area (Å²) >= 11 is 0. The molecule has 106 valence electrons. The van der Waals surface area contributed by atoms with Crippen molar-refractivity contribution in [2.24, 2.45) is 5.92 Å². The molecule has 1 N–H and O–H groups in total. The van der Waals surface area contributed by atoms with Crippen molar-refractivity contribution in [2.45, 2.75) is 58.7 Å². The molecule has 1 aromatic carbocycles. The minimum Gasteiger partial charge on any atom is -0.377 e. The van der Waals surface area contributed by atoms with Gasteiger partial charge in [-0.15, -0.1) is 0 Å². The fourth-order valence-corrected chi connectivity index (χ4v) is 2.09. The molecule has 0 atom stereocenters.